The van der Waals surface area contributed by atoms with E-state index in [1.54, 1.807) is 14.2 Å². The SMILES string of the molecule is COc1ccc(C2NCCc3cc(OC)c(OCCN(C)C)cc32)cc1Cl. The van der Waals surface area contributed by atoms with E-state index in [9.17, 15) is 0 Å². The summed E-state index contributed by atoms with van der Waals surface area (Å²) >= 11 is 6.35. The van der Waals surface area contributed by atoms with E-state index in [1.165, 1.54) is 11.1 Å². The van der Waals surface area contributed by atoms with Crippen molar-refractivity contribution in [3.05, 3.63) is 52.0 Å². The van der Waals surface area contributed by atoms with Gasteiger partial charge in [-0.3, -0.25) is 0 Å². The third-order valence-corrected chi connectivity index (χ3v) is 5.08. The number of hydrogen-bond acceptors (Lipinski definition) is 5. The van der Waals surface area contributed by atoms with Crippen LogP contribution in [0.15, 0.2) is 30.3 Å². The molecule has 0 aromatic heterocycles. The van der Waals surface area contributed by atoms with Gasteiger partial charge in [-0.1, -0.05) is 17.7 Å². The predicted octanol–water partition coefficient (Wildman–Crippen LogP) is 3.53. The van der Waals surface area contributed by atoms with Gasteiger partial charge in [0.25, 0.3) is 0 Å². The Hall–Kier alpha value is -1.95. The number of rotatable bonds is 7. The Balaban J connectivity index is 1.94. The van der Waals surface area contributed by atoms with Gasteiger partial charge in [-0.2, -0.15) is 0 Å². The van der Waals surface area contributed by atoms with E-state index >= 15 is 0 Å². The van der Waals surface area contributed by atoms with Crippen LogP contribution >= 0.6 is 11.6 Å². The summed E-state index contributed by atoms with van der Waals surface area (Å²) in [4.78, 5) is 2.09. The lowest BCUT2D eigenvalue weighted by Gasteiger charge is -2.29. The molecule has 0 aliphatic carbocycles. The fourth-order valence-electron chi connectivity index (χ4n) is 3.33. The normalized spacial score (nSPS) is 16.1. The number of likely N-dealkylation sites (N-methyl/N-ethyl adjacent to an activating group) is 1. The maximum absolute atomic E-state index is 6.35. The van der Waals surface area contributed by atoms with Gasteiger partial charge in [0, 0.05) is 13.1 Å². The van der Waals surface area contributed by atoms with Crippen LogP contribution in [0.2, 0.25) is 5.02 Å². The summed E-state index contributed by atoms with van der Waals surface area (Å²) in [6, 6.07) is 10.2. The number of halogens is 1. The Morgan fingerprint density at radius 2 is 1.85 bits per heavy atom. The lowest BCUT2D eigenvalue weighted by molar-refractivity contribution is 0.250. The van der Waals surface area contributed by atoms with E-state index in [0.717, 1.165) is 36.6 Å². The van der Waals surface area contributed by atoms with Crippen LogP contribution in [0.5, 0.6) is 17.2 Å². The van der Waals surface area contributed by atoms with Crippen LogP contribution in [0.3, 0.4) is 0 Å². The van der Waals surface area contributed by atoms with Gasteiger partial charge in [-0.05, 0) is 61.5 Å². The summed E-state index contributed by atoms with van der Waals surface area (Å²) in [5.41, 5.74) is 3.57. The van der Waals surface area contributed by atoms with Crippen LogP contribution in [0.25, 0.3) is 0 Å². The molecule has 2 aromatic rings. The van der Waals surface area contributed by atoms with Crippen molar-refractivity contribution in [3.8, 4) is 17.2 Å². The van der Waals surface area contributed by atoms with E-state index in [0.29, 0.717) is 17.4 Å². The summed E-state index contributed by atoms with van der Waals surface area (Å²) < 4.78 is 16.8. The van der Waals surface area contributed by atoms with Crippen molar-refractivity contribution < 1.29 is 14.2 Å². The maximum Gasteiger partial charge on any atom is 0.161 e. The number of methoxy groups -OCH3 is 2. The summed E-state index contributed by atoms with van der Waals surface area (Å²) in [6.45, 7) is 2.34. The highest BCUT2D eigenvalue weighted by Crippen LogP contribution is 2.39. The van der Waals surface area contributed by atoms with Crippen LogP contribution in [0.1, 0.15) is 22.7 Å². The van der Waals surface area contributed by atoms with Crippen LogP contribution < -0.4 is 19.5 Å². The quantitative estimate of drug-likeness (QED) is 0.783. The minimum atomic E-state index is 0.0549. The molecule has 1 heterocycles. The maximum atomic E-state index is 6.35. The first-order chi connectivity index (χ1) is 13.0. The molecule has 27 heavy (non-hydrogen) atoms. The zero-order chi connectivity index (χ0) is 19.4. The lowest BCUT2D eigenvalue weighted by atomic mass is 9.89. The lowest BCUT2D eigenvalue weighted by Crippen LogP contribution is -2.30. The first-order valence-electron chi connectivity index (χ1n) is 9.08. The highest BCUT2D eigenvalue weighted by Gasteiger charge is 2.24. The minimum Gasteiger partial charge on any atom is -0.495 e. The van der Waals surface area contributed by atoms with Gasteiger partial charge in [-0.15, -0.1) is 0 Å². The Morgan fingerprint density at radius 3 is 2.52 bits per heavy atom. The van der Waals surface area contributed by atoms with Gasteiger partial charge >= 0.3 is 0 Å². The van der Waals surface area contributed by atoms with Crippen molar-refractivity contribution in [2.75, 3.05) is 48.0 Å². The smallest absolute Gasteiger partial charge is 0.161 e. The summed E-state index contributed by atoms with van der Waals surface area (Å²) in [7, 11) is 7.36. The van der Waals surface area contributed by atoms with Crippen molar-refractivity contribution in [3.63, 3.8) is 0 Å². The molecule has 0 bridgehead atoms. The Kier molecular flexibility index (Phi) is 6.47. The Bertz CT molecular complexity index is 795. The van der Waals surface area contributed by atoms with Crippen molar-refractivity contribution in [2.45, 2.75) is 12.5 Å². The molecule has 0 radical (unpaired) electrons. The van der Waals surface area contributed by atoms with Crippen LogP contribution in [-0.4, -0.2) is 52.9 Å². The van der Waals surface area contributed by atoms with Crippen LogP contribution in [0.4, 0.5) is 0 Å². The zero-order valence-corrected chi connectivity index (χ0v) is 17.1. The second-order valence-corrected chi connectivity index (χ2v) is 7.29. The number of nitrogens with zero attached hydrogens (tertiary/aromatic N) is 1. The fraction of sp³-hybridized carbons (Fsp3) is 0.429. The third-order valence-electron chi connectivity index (χ3n) is 4.78. The van der Waals surface area contributed by atoms with Crippen LogP contribution in [-0.2, 0) is 6.42 Å². The molecule has 3 rings (SSSR count). The minimum absolute atomic E-state index is 0.0549. The van der Waals surface area contributed by atoms with Gasteiger partial charge in [0.2, 0.25) is 0 Å². The molecular formula is C21H27ClN2O3. The van der Waals surface area contributed by atoms with Crippen molar-refractivity contribution in [2.24, 2.45) is 0 Å². The molecule has 0 saturated heterocycles. The van der Waals surface area contributed by atoms with Crippen LogP contribution in [0, 0.1) is 0 Å². The molecule has 1 aliphatic rings. The van der Waals surface area contributed by atoms with Gasteiger partial charge in [-0.25, -0.2) is 0 Å². The topological polar surface area (TPSA) is 43.0 Å². The number of hydrogen-bond donors (Lipinski definition) is 1. The molecule has 5 nitrogen and oxygen atoms in total. The third kappa shape index (κ3) is 4.49. The summed E-state index contributed by atoms with van der Waals surface area (Å²) in [5.74, 6) is 2.23. The van der Waals surface area contributed by atoms with E-state index in [2.05, 4.69) is 22.3 Å². The highest BCUT2D eigenvalue weighted by atomic mass is 35.5. The molecule has 146 valence electrons. The average Bonchev–Trinajstić information content (AvgIpc) is 2.66. The Labute approximate surface area is 166 Å². The summed E-state index contributed by atoms with van der Waals surface area (Å²) in [6.07, 6.45) is 0.948. The molecule has 6 heteroatoms. The fourth-order valence-corrected chi connectivity index (χ4v) is 3.60. The molecule has 1 atom stereocenters. The first-order valence-corrected chi connectivity index (χ1v) is 9.46. The standard InChI is InChI=1S/C21H27ClN2O3/c1-24(2)9-10-27-20-13-16-14(12-19(20)26-4)7-8-23-21(16)15-5-6-18(25-3)17(22)11-15/h5-6,11-13,21,23H,7-10H2,1-4H3. The molecule has 1 N–H and O–H groups in total. The molecule has 0 fully saturated rings. The molecule has 0 amide bonds. The molecule has 0 saturated carbocycles. The molecule has 0 spiro atoms. The first kappa shape index (κ1) is 19.8. The van der Waals surface area contributed by atoms with Crippen molar-refractivity contribution in [1.29, 1.82) is 0 Å². The molecule has 1 aliphatic heterocycles. The number of fused-ring (bicyclic) bond motifs is 1. The van der Waals surface area contributed by atoms with Gasteiger partial charge in [0.05, 0.1) is 25.3 Å². The molecular weight excluding hydrogens is 364 g/mol. The van der Waals surface area contributed by atoms with Gasteiger partial charge in [0.1, 0.15) is 12.4 Å². The van der Waals surface area contributed by atoms with E-state index in [1.807, 2.05) is 32.3 Å². The monoisotopic (exact) mass is 390 g/mol. The second kappa shape index (κ2) is 8.83. The van der Waals surface area contributed by atoms with Gasteiger partial charge in [0.15, 0.2) is 11.5 Å². The van der Waals surface area contributed by atoms with Crippen molar-refractivity contribution in [1.82, 2.24) is 10.2 Å². The molecule has 2 aromatic carbocycles. The van der Waals surface area contributed by atoms with Gasteiger partial charge < -0.3 is 24.4 Å². The predicted molar refractivity (Wildman–Crippen MR) is 109 cm³/mol. The van der Waals surface area contributed by atoms with E-state index in [4.69, 9.17) is 25.8 Å². The van der Waals surface area contributed by atoms with Crippen molar-refractivity contribution >= 4 is 11.6 Å². The van der Waals surface area contributed by atoms with E-state index < -0.39 is 0 Å². The highest BCUT2D eigenvalue weighted by molar-refractivity contribution is 6.32. The average molecular weight is 391 g/mol. The Morgan fingerprint density at radius 1 is 1.07 bits per heavy atom. The largest absolute Gasteiger partial charge is 0.495 e. The number of ether oxygens (including phenoxy) is 3. The number of benzene rings is 2. The number of nitrogens with one attached hydrogen (secondary N) is 1. The van der Waals surface area contributed by atoms with E-state index in [-0.39, 0.29) is 6.04 Å². The summed E-state index contributed by atoms with van der Waals surface area (Å²) in [5, 5.41) is 4.20. The zero-order valence-electron chi connectivity index (χ0n) is 16.3. The molecule has 1 unspecified atom stereocenters. The second-order valence-electron chi connectivity index (χ2n) is 6.88.